The lowest BCUT2D eigenvalue weighted by Gasteiger charge is -2.58. The largest absolute Gasteiger partial charge is 0.496 e. The molecule has 8 nitrogen and oxygen atoms in total. The zero-order valence-corrected chi connectivity index (χ0v) is 17.9. The number of hydroxylamine groups is 2. The van der Waals surface area contributed by atoms with Crippen molar-refractivity contribution in [3.63, 3.8) is 0 Å². The summed E-state index contributed by atoms with van der Waals surface area (Å²) >= 11 is 0. The number of benzene rings is 1. The summed E-state index contributed by atoms with van der Waals surface area (Å²) in [4.78, 5) is 30.7. The van der Waals surface area contributed by atoms with E-state index in [-0.39, 0.29) is 34.9 Å². The Labute approximate surface area is 176 Å². The van der Waals surface area contributed by atoms with Crippen molar-refractivity contribution in [3.05, 3.63) is 23.3 Å². The van der Waals surface area contributed by atoms with Gasteiger partial charge < -0.3 is 19.9 Å². The fourth-order valence-electron chi connectivity index (χ4n) is 5.96. The molecule has 164 valence electrons. The lowest BCUT2D eigenvalue weighted by atomic mass is 9.52. The Balaban J connectivity index is 1.60. The Hall–Kier alpha value is -2.32. The van der Waals surface area contributed by atoms with Crippen LogP contribution in [0.5, 0.6) is 11.5 Å². The highest BCUT2D eigenvalue weighted by atomic mass is 16.7. The van der Waals surface area contributed by atoms with Gasteiger partial charge in [-0.25, -0.2) is 5.06 Å². The van der Waals surface area contributed by atoms with Crippen molar-refractivity contribution in [1.82, 2.24) is 10.4 Å². The van der Waals surface area contributed by atoms with Crippen LogP contribution in [0.2, 0.25) is 0 Å². The Morgan fingerprint density at radius 2 is 1.63 bits per heavy atom. The lowest BCUT2D eigenvalue weighted by molar-refractivity contribution is -0.136. The zero-order valence-electron chi connectivity index (χ0n) is 17.9. The van der Waals surface area contributed by atoms with Gasteiger partial charge in [0.25, 0.3) is 11.8 Å². The summed E-state index contributed by atoms with van der Waals surface area (Å²) in [6, 6.07) is 3.08. The van der Waals surface area contributed by atoms with Gasteiger partial charge in [-0.15, -0.1) is 0 Å². The van der Waals surface area contributed by atoms with Crippen molar-refractivity contribution in [2.24, 2.45) is 17.8 Å². The highest BCUT2D eigenvalue weighted by Gasteiger charge is 2.55. The van der Waals surface area contributed by atoms with Crippen LogP contribution in [0.1, 0.15) is 52.8 Å². The van der Waals surface area contributed by atoms with Gasteiger partial charge in [-0.1, -0.05) is 0 Å². The van der Waals surface area contributed by atoms with Gasteiger partial charge in [0.05, 0.1) is 26.9 Å². The van der Waals surface area contributed by atoms with Crippen molar-refractivity contribution in [2.45, 2.75) is 43.7 Å². The lowest BCUT2D eigenvalue weighted by Crippen LogP contribution is -2.61. The molecule has 4 aliphatic rings. The second-order valence-corrected chi connectivity index (χ2v) is 8.93. The normalized spacial score (nSPS) is 31.4. The summed E-state index contributed by atoms with van der Waals surface area (Å²) in [6.45, 7) is 0. The summed E-state index contributed by atoms with van der Waals surface area (Å²) in [7, 11) is 5.81. The molecule has 8 heteroatoms. The van der Waals surface area contributed by atoms with E-state index in [0.29, 0.717) is 23.3 Å². The van der Waals surface area contributed by atoms with E-state index in [1.165, 1.54) is 40.5 Å². The number of aliphatic hydroxyl groups is 1. The molecule has 1 aromatic rings. The Bertz CT molecular complexity index is 815. The molecular weight excluding hydrogens is 388 g/mol. The molecular formula is C22H30N2O6. The topological polar surface area (TPSA) is 97.3 Å². The predicted molar refractivity (Wildman–Crippen MR) is 108 cm³/mol. The van der Waals surface area contributed by atoms with Crippen LogP contribution in [0, 0.1) is 17.8 Å². The van der Waals surface area contributed by atoms with Crippen LogP contribution in [-0.2, 0) is 4.84 Å². The first kappa shape index (κ1) is 20.9. The van der Waals surface area contributed by atoms with Gasteiger partial charge in [0.15, 0.2) is 0 Å². The molecule has 2 N–H and O–H groups in total. The number of carbonyl (C=O) groups is 2. The molecule has 1 aromatic carbocycles. The number of rotatable bonds is 6. The SMILES string of the molecule is COc1cc(C(=O)N(C)OC)cc(OC)c1C(=O)N[C@H]1C2CC3CC1C[C@](O)(C3)C2. The van der Waals surface area contributed by atoms with Crippen LogP contribution < -0.4 is 14.8 Å². The molecule has 4 fully saturated rings. The van der Waals surface area contributed by atoms with Gasteiger partial charge in [-0.2, -0.15) is 0 Å². The average molecular weight is 418 g/mol. The Morgan fingerprint density at radius 1 is 1.07 bits per heavy atom. The highest BCUT2D eigenvalue weighted by molar-refractivity contribution is 6.02. The molecule has 5 rings (SSSR count). The number of nitrogens with zero attached hydrogens (tertiary/aromatic N) is 1. The van der Waals surface area contributed by atoms with E-state index in [1.54, 1.807) is 0 Å². The molecule has 0 radical (unpaired) electrons. The van der Waals surface area contributed by atoms with Crippen LogP contribution in [0.15, 0.2) is 12.1 Å². The van der Waals surface area contributed by atoms with Crippen molar-refractivity contribution >= 4 is 11.8 Å². The number of hydrogen-bond donors (Lipinski definition) is 2. The Morgan fingerprint density at radius 3 is 2.10 bits per heavy atom. The van der Waals surface area contributed by atoms with E-state index in [2.05, 4.69) is 5.32 Å². The third-order valence-corrected chi connectivity index (χ3v) is 7.08. The van der Waals surface area contributed by atoms with Crippen LogP contribution in [-0.4, -0.2) is 62.0 Å². The van der Waals surface area contributed by atoms with E-state index in [4.69, 9.17) is 14.3 Å². The zero-order chi connectivity index (χ0) is 21.6. The third-order valence-electron chi connectivity index (χ3n) is 7.08. The minimum Gasteiger partial charge on any atom is -0.496 e. The maximum atomic E-state index is 13.3. The number of methoxy groups -OCH3 is 2. The van der Waals surface area contributed by atoms with Crippen LogP contribution >= 0.6 is 0 Å². The van der Waals surface area contributed by atoms with Gasteiger partial charge in [0, 0.05) is 18.7 Å². The number of carbonyl (C=O) groups excluding carboxylic acids is 2. The van der Waals surface area contributed by atoms with E-state index in [0.717, 1.165) is 37.2 Å². The summed E-state index contributed by atoms with van der Waals surface area (Å²) in [5, 5.41) is 15.1. The number of ether oxygens (including phenoxy) is 2. The minimum absolute atomic E-state index is 0.0321. The highest BCUT2D eigenvalue weighted by Crippen LogP contribution is 2.55. The van der Waals surface area contributed by atoms with Crippen LogP contribution in [0.25, 0.3) is 0 Å². The first-order chi connectivity index (χ1) is 14.3. The van der Waals surface area contributed by atoms with Gasteiger partial charge in [0.2, 0.25) is 0 Å². The second-order valence-electron chi connectivity index (χ2n) is 8.93. The van der Waals surface area contributed by atoms with Crippen molar-refractivity contribution < 1.29 is 29.0 Å². The summed E-state index contributed by atoms with van der Waals surface area (Å²) in [6.07, 6.45) is 4.49. The predicted octanol–water partition coefficient (Wildman–Crippen LogP) is 2.01. The molecule has 2 unspecified atom stereocenters. The molecule has 2 amide bonds. The molecule has 30 heavy (non-hydrogen) atoms. The van der Waals surface area contributed by atoms with E-state index in [1.807, 2.05) is 0 Å². The van der Waals surface area contributed by atoms with Gasteiger partial charge in [0.1, 0.15) is 17.1 Å². The van der Waals surface area contributed by atoms with Crippen LogP contribution in [0.4, 0.5) is 0 Å². The van der Waals surface area contributed by atoms with E-state index < -0.39 is 5.60 Å². The maximum absolute atomic E-state index is 13.3. The summed E-state index contributed by atoms with van der Waals surface area (Å²) in [5.41, 5.74) is 0.00764. The fourth-order valence-corrected chi connectivity index (χ4v) is 5.96. The smallest absolute Gasteiger partial charge is 0.277 e. The molecule has 0 aromatic heterocycles. The van der Waals surface area contributed by atoms with Gasteiger partial charge >= 0.3 is 0 Å². The quantitative estimate of drug-likeness (QED) is 0.686. The molecule has 0 spiro atoms. The monoisotopic (exact) mass is 418 g/mol. The number of nitrogens with one attached hydrogen (secondary N) is 1. The maximum Gasteiger partial charge on any atom is 0.277 e. The van der Waals surface area contributed by atoms with E-state index in [9.17, 15) is 14.7 Å². The number of amides is 2. The third kappa shape index (κ3) is 3.52. The van der Waals surface area contributed by atoms with Gasteiger partial charge in [-0.05, 0) is 62.0 Å². The Kier molecular flexibility index (Phi) is 5.40. The second kappa shape index (κ2) is 7.74. The molecule has 0 saturated heterocycles. The molecule has 4 aliphatic carbocycles. The number of hydrogen-bond acceptors (Lipinski definition) is 6. The summed E-state index contributed by atoms with van der Waals surface area (Å²) in [5.74, 6) is 1.01. The van der Waals surface area contributed by atoms with Crippen molar-refractivity contribution in [3.8, 4) is 11.5 Å². The first-order valence-electron chi connectivity index (χ1n) is 10.4. The van der Waals surface area contributed by atoms with Crippen LogP contribution in [0.3, 0.4) is 0 Å². The molecule has 4 saturated carbocycles. The summed E-state index contributed by atoms with van der Waals surface area (Å²) < 4.78 is 10.9. The molecule has 4 bridgehead atoms. The molecule has 2 atom stereocenters. The first-order valence-corrected chi connectivity index (χ1v) is 10.4. The fraction of sp³-hybridized carbons (Fsp3) is 0.636. The van der Waals surface area contributed by atoms with Gasteiger partial charge in [-0.3, -0.25) is 14.4 Å². The standard InChI is InChI=1S/C22H30N2O6/c1-24(30-4)21(26)13-7-16(28-2)18(17(8-13)29-3)20(25)23-19-14-5-12-6-15(19)11-22(27,9-12)10-14/h7-8,12,14-15,19,27H,5-6,9-11H2,1-4H3,(H,23,25)/t12?,14?,15?,19-,22-. The molecule has 0 aliphatic heterocycles. The van der Waals surface area contributed by atoms with Crippen molar-refractivity contribution in [2.75, 3.05) is 28.4 Å². The van der Waals surface area contributed by atoms with Crippen molar-refractivity contribution in [1.29, 1.82) is 0 Å². The average Bonchev–Trinajstić information content (AvgIpc) is 2.72. The minimum atomic E-state index is -0.553. The van der Waals surface area contributed by atoms with E-state index >= 15 is 0 Å². The molecule has 0 heterocycles.